The first-order valence-electron chi connectivity index (χ1n) is 2.51. The molecule has 0 aliphatic rings. The van der Waals surface area contributed by atoms with Crippen molar-refractivity contribution in [1.29, 1.82) is 0 Å². The van der Waals surface area contributed by atoms with E-state index in [0.29, 0.717) is 5.71 Å². The highest BCUT2D eigenvalue weighted by molar-refractivity contribution is 5.83. The van der Waals surface area contributed by atoms with Gasteiger partial charge in [-0.25, -0.2) is 0 Å². The third-order valence-electron chi connectivity index (χ3n) is 1.14. The van der Waals surface area contributed by atoms with Crippen molar-refractivity contribution >= 4 is 5.71 Å². The van der Waals surface area contributed by atoms with Crippen LogP contribution in [0.3, 0.4) is 0 Å². The number of rotatable bonds is 2. The van der Waals surface area contributed by atoms with Crippen LogP contribution in [0.15, 0.2) is 5.16 Å². The summed E-state index contributed by atoms with van der Waals surface area (Å²) in [7, 11) is 0. The van der Waals surface area contributed by atoms with Gasteiger partial charge in [-0.2, -0.15) is 0 Å². The zero-order chi connectivity index (χ0) is 6.57. The van der Waals surface area contributed by atoms with E-state index in [-0.39, 0.29) is 12.5 Å². The van der Waals surface area contributed by atoms with Gasteiger partial charge in [-0.1, -0.05) is 12.1 Å². The van der Waals surface area contributed by atoms with E-state index in [9.17, 15) is 0 Å². The summed E-state index contributed by atoms with van der Waals surface area (Å²) in [5, 5.41) is 19.5. The summed E-state index contributed by atoms with van der Waals surface area (Å²) in [6, 6.07) is 0. The Balaban J connectivity index is 3.63. The maximum atomic E-state index is 8.44. The van der Waals surface area contributed by atoms with Crippen molar-refractivity contribution in [1.82, 2.24) is 0 Å². The third-order valence-corrected chi connectivity index (χ3v) is 1.14. The van der Waals surface area contributed by atoms with Crippen LogP contribution < -0.4 is 0 Å². The predicted octanol–water partition coefficient (Wildman–Crippen LogP) is 0.465. The number of oxime groups is 1. The molecule has 0 radical (unpaired) electrons. The zero-order valence-electron chi connectivity index (χ0n) is 5.13. The Hall–Kier alpha value is -0.570. The third kappa shape index (κ3) is 1.93. The topological polar surface area (TPSA) is 52.8 Å². The summed E-state index contributed by atoms with van der Waals surface area (Å²) in [6.07, 6.45) is 0. The van der Waals surface area contributed by atoms with Crippen molar-refractivity contribution in [3.8, 4) is 0 Å². The van der Waals surface area contributed by atoms with Gasteiger partial charge in [0.15, 0.2) is 0 Å². The van der Waals surface area contributed by atoms with Crippen molar-refractivity contribution in [2.75, 3.05) is 6.61 Å². The summed E-state index contributed by atoms with van der Waals surface area (Å²) >= 11 is 0. The van der Waals surface area contributed by atoms with Gasteiger partial charge in [-0.15, -0.1) is 0 Å². The van der Waals surface area contributed by atoms with Gasteiger partial charge < -0.3 is 10.3 Å². The molecule has 1 unspecified atom stereocenters. The maximum Gasteiger partial charge on any atom is 0.0590 e. The summed E-state index contributed by atoms with van der Waals surface area (Å²) in [4.78, 5) is 0. The average Bonchev–Trinajstić information content (AvgIpc) is 1.84. The standard InChI is InChI=1S/C5H11NO2/c1-4(3-7)5(2)6-8/h4,7-8H,3H2,1-2H3/b6-5+. The van der Waals surface area contributed by atoms with Crippen LogP contribution >= 0.6 is 0 Å². The van der Waals surface area contributed by atoms with Crippen LogP contribution in [0.5, 0.6) is 0 Å². The Labute approximate surface area is 48.6 Å². The second kappa shape index (κ2) is 3.43. The van der Waals surface area contributed by atoms with E-state index in [0.717, 1.165) is 0 Å². The molecule has 1 atom stereocenters. The van der Waals surface area contributed by atoms with Crippen LogP contribution in [0.2, 0.25) is 0 Å². The summed E-state index contributed by atoms with van der Waals surface area (Å²) in [5.74, 6) is -0.0278. The molecule has 0 aromatic heterocycles. The summed E-state index contributed by atoms with van der Waals surface area (Å²) in [5.41, 5.74) is 0.563. The van der Waals surface area contributed by atoms with Gasteiger partial charge in [0.05, 0.1) is 12.3 Å². The summed E-state index contributed by atoms with van der Waals surface area (Å²) in [6.45, 7) is 3.49. The molecule has 3 nitrogen and oxygen atoms in total. The van der Waals surface area contributed by atoms with Gasteiger partial charge in [0.2, 0.25) is 0 Å². The maximum absolute atomic E-state index is 8.44. The van der Waals surface area contributed by atoms with Gasteiger partial charge >= 0.3 is 0 Å². The molecule has 8 heavy (non-hydrogen) atoms. The number of hydrogen-bond donors (Lipinski definition) is 2. The molecule has 0 saturated heterocycles. The molecule has 0 aromatic carbocycles. The van der Waals surface area contributed by atoms with Crippen LogP contribution in [0.1, 0.15) is 13.8 Å². The highest BCUT2D eigenvalue weighted by Crippen LogP contribution is 1.94. The van der Waals surface area contributed by atoms with Crippen molar-refractivity contribution in [2.24, 2.45) is 11.1 Å². The Kier molecular flexibility index (Phi) is 3.19. The molecule has 2 N–H and O–H groups in total. The molecule has 0 saturated carbocycles. The van der Waals surface area contributed by atoms with E-state index >= 15 is 0 Å². The van der Waals surface area contributed by atoms with Crippen molar-refractivity contribution in [3.63, 3.8) is 0 Å². The van der Waals surface area contributed by atoms with E-state index in [4.69, 9.17) is 10.3 Å². The molecule has 0 aromatic rings. The van der Waals surface area contributed by atoms with Gasteiger partial charge in [0.1, 0.15) is 0 Å². The Morgan fingerprint density at radius 1 is 1.75 bits per heavy atom. The number of aliphatic hydroxyl groups is 1. The number of aliphatic hydroxyl groups excluding tert-OH is 1. The largest absolute Gasteiger partial charge is 0.411 e. The lowest BCUT2D eigenvalue weighted by Gasteiger charge is -2.02. The normalized spacial score (nSPS) is 16.1. The SMILES string of the molecule is C/C(=N\O)C(C)CO. The molecule has 0 amide bonds. The van der Waals surface area contributed by atoms with Gasteiger partial charge in [0, 0.05) is 5.92 Å². The zero-order valence-corrected chi connectivity index (χ0v) is 5.13. The molecular weight excluding hydrogens is 106 g/mol. The predicted molar refractivity (Wildman–Crippen MR) is 31.1 cm³/mol. The number of nitrogens with zero attached hydrogens (tertiary/aromatic N) is 1. The smallest absolute Gasteiger partial charge is 0.0590 e. The Bertz CT molecular complexity index is 90.4. The lowest BCUT2D eigenvalue weighted by molar-refractivity contribution is 0.261. The Morgan fingerprint density at radius 2 is 2.25 bits per heavy atom. The van der Waals surface area contributed by atoms with Crippen LogP contribution in [0.4, 0.5) is 0 Å². The van der Waals surface area contributed by atoms with Crippen molar-refractivity contribution in [3.05, 3.63) is 0 Å². The first-order valence-corrected chi connectivity index (χ1v) is 2.51. The molecule has 0 aliphatic heterocycles. The molecule has 0 fully saturated rings. The van der Waals surface area contributed by atoms with E-state index in [1.165, 1.54) is 0 Å². The van der Waals surface area contributed by atoms with Gasteiger partial charge in [0.25, 0.3) is 0 Å². The highest BCUT2D eigenvalue weighted by Gasteiger charge is 2.01. The quantitative estimate of drug-likeness (QED) is 0.314. The minimum atomic E-state index is -0.0278. The lowest BCUT2D eigenvalue weighted by Crippen LogP contribution is -2.10. The van der Waals surface area contributed by atoms with E-state index in [1.807, 2.05) is 0 Å². The second-order valence-electron chi connectivity index (χ2n) is 1.83. The summed E-state index contributed by atoms with van der Waals surface area (Å²) < 4.78 is 0. The van der Waals surface area contributed by atoms with Crippen LogP contribution in [-0.4, -0.2) is 22.6 Å². The molecule has 0 aliphatic carbocycles. The molecule has 0 spiro atoms. The minimum Gasteiger partial charge on any atom is -0.411 e. The fraction of sp³-hybridized carbons (Fsp3) is 0.800. The fourth-order valence-corrected chi connectivity index (χ4v) is 0.231. The van der Waals surface area contributed by atoms with E-state index in [2.05, 4.69) is 5.16 Å². The van der Waals surface area contributed by atoms with Crippen molar-refractivity contribution < 1.29 is 10.3 Å². The average molecular weight is 117 g/mol. The van der Waals surface area contributed by atoms with Gasteiger partial charge in [-0.3, -0.25) is 0 Å². The van der Waals surface area contributed by atoms with Crippen LogP contribution in [-0.2, 0) is 0 Å². The van der Waals surface area contributed by atoms with E-state index in [1.54, 1.807) is 13.8 Å². The molecule has 0 bridgehead atoms. The molecule has 0 heterocycles. The fourth-order valence-electron chi connectivity index (χ4n) is 0.231. The van der Waals surface area contributed by atoms with Crippen molar-refractivity contribution in [2.45, 2.75) is 13.8 Å². The van der Waals surface area contributed by atoms with Crippen LogP contribution in [0.25, 0.3) is 0 Å². The Morgan fingerprint density at radius 3 is 2.38 bits per heavy atom. The molecule has 0 rings (SSSR count). The molecular formula is C5H11NO2. The van der Waals surface area contributed by atoms with Crippen LogP contribution in [0, 0.1) is 5.92 Å². The monoisotopic (exact) mass is 117 g/mol. The first-order chi connectivity index (χ1) is 3.72. The first kappa shape index (κ1) is 7.43. The second-order valence-corrected chi connectivity index (χ2v) is 1.83. The van der Waals surface area contributed by atoms with E-state index < -0.39 is 0 Å². The highest BCUT2D eigenvalue weighted by atomic mass is 16.4. The minimum absolute atomic E-state index is 0.0278. The number of hydrogen-bond acceptors (Lipinski definition) is 3. The molecule has 48 valence electrons. The lowest BCUT2D eigenvalue weighted by atomic mass is 10.1. The molecule has 3 heteroatoms. The van der Waals surface area contributed by atoms with Gasteiger partial charge in [-0.05, 0) is 6.92 Å².